The van der Waals surface area contributed by atoms with Crippen molar-refractivity contribution in [1.29, 1.82) is 0 Å². The summed E-state index contributed by atoms with van der Waals surface area (Å²) in [5.41, 5.74) is 4.67. The molecule has 3 nitrogen and oxygen atoms in total. The van der Waals surface area contributed by atoms with E-state index in [9.17, 15) is 4.79 Å². The van der Waals surface area contributed by atoms with E-state index in [2.05, 4.69) is 4.98 Å². The van der Waals surface area contributed by atoms with Gasteiger partial charge in [0.1, 0.15) is 11.5 Å². The smallest absolute Gasteiger partial charge is 0.170 e. The summed E-state index contributed by atoms with van der Waals surface area (Å²) in [7, 11) is 0. The summed E-state index contributed by atoms with van der Waals surface area (Å²) in [6.45, 7) is 4.08. The quantitative estimate of drug-likeness (QED) is 0.653. The van der Waals surface area contributed by atoms with Gasteiger partial charge in [-0.3, -0.25) is 9.20 Å². The Morgan fingerprint density at radius 3 is 2.63 bits per heavy atom. The van der Waals surface area contributed by atoms with Gasteiger partial charge in [0.15, 0.2) is 6.29 Å². The Morgan fingerprint density at radius 2 is 1.89 bits per heavy atom. The second kappa shape index (κ2) is 4.35. The molecular weight excluding hydrogens is 236 g/mol. The zero-order chi connectivity index (χ0) is 13.4. The summed E-state index contributed by atoms with van der Waals surface area (Å²) >= 11 is 0. The number of carbonyl (C=O) groups excluding carboxylic acids is 1. The summed E-state index contributed by atoms with van der Waals surface area (Å²) in [6.07, 6.45) is 2.82. The fourth-order valence-corrected chi connectivity index (χ4v) is 2.32. The van der Waals surface area contributed by atoms with E-state index >= 15 is 0 Å². The van der Waals surface area contributed by atoms with Gasteiger partial charge in [-0.1, -0.05) is 30.3 Å². The number of aryl methyl sites for hydroxylation is 2. The maximum atomic E-state index is 11.2. The van der Waals surface area contributed by atoms with Gasteiger partial charge in [-0.05, 0) is 31.0 Å². The number of aldehydes is 1. The maximum absolute atomic E-state index is 11.2. The monoisotopic (exact) mass is 250 g/mol. The molecule has 0 saturated carbocycles. The van der Waals surface area contributed by atoms with Crippen LogP contribution in [-0.4, -0.2) is 15.7 Å². The van der Waals surface area contributed by atoms with Crippen LogP contribution in [0, 0.1) is 13.8 Å². The lowest BCUT2D eigenvalue weighted by atomic mass is 10.1. The Labute approximate surface area is 111 Å². The van der Waals surface area contributed by atoms with Crippen molar-refractivity contribution in [1.82, 2.24) is 9.38 Å². The highest BCUT2D eigenvalue weighted by atomic mass is 16.1. The number of rotatable bonds is 2. The first-order valence-electron chi connectivity index (χ1n) is 6.20. The second-order valence-electron chi connectivity index (χ2n) is 4.72. The van der Waals surface area contributed by atoms with Crippen molar-refractivity contribution in [3.8, 4) is 11.4 Å². The Morgan fingerprint density at radius 1 is 1.11 bits per heavy atom. The topological polar surface area (TPSA) is 34.4 Å². The number of imidazole rings is 1. The van der Waals surface area contributed by atoms with Gasteiger partial charge in [0.25, 0.3) is 0 Å². The molecule has 0 N–H and O–H groups in total. The van der Waals surface area contributed by atoms with Gasteiger partial charge in [0.2, 0.25) is 0 Å². The first-order valence-corrected chi connectivity index (χ1v) is 6.20. The lowest BCUT2D eigenvalue weighted by Gasteiger charge is -2.05. The molecular formula is C16H14N2O. The second-order valence-corrected chi connectivity index (χ2v) is 4.72. The van der Waals surface area contributed by atoms with E-state index in [0.717, 1.165) is 34.3 Å². The number of benzene rings is 1. The summed E-state index contributed by atoms with van der Waals surface area (Å²) in [5.74, 6) is 0.818. The number of pyridine rings is 1. The molecule has 19 heavy (non-hydrogen) atoms. The zero-order valence-corrected chi connectivity index (χ0v) is 10.9. The number of fused-ring (bicyclic) bond motifs is 1. The number of hydrogen-bond donors (Lipinski definition) is 0. The molecule has 2 heterocycles. The van der Waals surface area contributed by atoms with E-state index in [4.69, 9.17) is 0 Å². The SMILES string of the molecule is Cc1ccc2c(C=O)nc(-c3ccccc3C)n2c1. The minimum absolute atomic E-state index is 0.484. The van der Waals surface area contributed by atoms with Crippen molar-refractivity contribution in [2.45, 2.75) is 13.8 Å². The van der Waals surface area contributed by atoms with E-state index in [1.807, 2.05) is 60.8 Å². The fraction of sp³-hybridized carbons (Fsp3) is 0.125. The Kier molecular flexibility index (Phi) is 2.67. The number of carbonyl (C=O) groups is 1. The Balaban J connectivity index is 2.38. The van der Waals surface area contributed by atoms with Crippen molar-refractivity contribution < 1.29 is 4.79 Å². The zero-order valence-electron chi connectivity index (χ0n) is 10.9. The van der Waals surface area contributed by atoms with Crippen LogP contribution in [0.15, 0.2) is 42.6 Å². The molecule has 2 aromatic heterocycles. The predicted molar refractivity (Wildman–Crippen MR) is 75.5 cm³/mol. The lowest BCUT2D eigenvalue weighted by molar-refractivity contribution is 0.112. The van der Waals surface area contributed by atoms with Crippen LogP contribution in [0.2, 0.25) is 0 Å². The van der Waals surface area contributed by atoms with E-state index < -0.39 is 0 Å². The first-order chi connectivity index (χ1) is 9.20. The summed E-state index contributed by atoms with van der Waals surface area (Å²) < 4.78 is 1.99. The van der Waals surface area contributed by atoms with Crippen LogP contribution in [0.3, 0.4) is 0 Å². The molecule has 0 atom stereocenters. The van der Waals surface area contributed by atoms with Crippen molar-refractivity contribution >= 4 is 11.8 Å². The van der Waals surface area contributed by atoms with Gasteiger partial charge < -0.3 is 0 Å². The molecule has 0 aliphatic carbocycles. The van der Waals surface area contributed by atoms with Gasteiger partial charge in [0, 0.05) is 11.8 Å². The molecule has 0 spiro atoms. The molecule has 0 aliphatic rings. The third-order valence-corrected chi connectivity index (χ3v) is 3.31. The standard InChI is InChI=1S/C16H14N2O/c1-11-7-8-15-14(10-19)17-16(18(15)9-11)13-6-4-3-5-12(13)2/h3-10H,1-2H3. The molecule has 3 heteroatoms. The summed E-state index contributed by atoms with van der Waals surface area (Å²) in [4.78, 5) is 15.6. The molecule has 0 radical (unpaired) electrons. The third-order valence-electron chi connectivity index (χ3n) is 3.31. The summed E-state index contributed by atoms with van der Waals surface area (Å²) in [5, 5.41) is 0. The average molecular weight is 250 g/mol. The minimum atomic E-state index is 0.484. The Hall–Kier alpha value is -2.42. The highest BCUT2D eigenvalue weighted by Gasteiger charge is 2.13. The predicted octanol–water partition coefficient (Wildman–Crippen LogP) is 3.43. The number of nitrogens with zero attached hydrogens (tertiary/aromatic N) is 2. The maximum Gasteiger partial charge on any atom is 0.170 e. The van der Waals surface area contributed by atoms with Crippen molar-refractivity contribution in [3.63, 3.8) is 0 Å². The molecule has 0 bridgehead atoms. The van der Waals surface area contributed by atoms with E-state index in [1.54, 1.807) is 0 Å². The third kappa shape index (κ3) is 1.83. The molecule has 0 fully saturated rings. The molecule has 0 aliphatic heterocycles. The molecule has 1 aromatic carbocycles. The van der Waals surface area contributed by atoms with Crippen LogP contribution in [0.25, 0.3) is 16.9 Å². The van der Waals surface area contributed by atoms with Gasteiger partial charge >= 0.3 is 0 Å². The molecule has 0 amide bonds. The van der Waals surface area contributed by atoms with Crippen molar-refractivity contribution in [3.05, 3.63) is 59.4 Å². The van der Waals surface area contributed by atoms with Gasteiger partial charge in [-0.2, -0.15) is 0 Å². The first kappa shape index (κ1) is 11.7. The fourth-order valence-electron chi connectivity index (χ4n) is 2.32. The molecule has 0 unspecified atom stereocenters. The van der Waals surface area contributed by atoms with Crippen LogP contribution in [0.4, 0.5) is 0 Å². The van der Waals surface area contributed by atoms with Crippen LogP contribution in [0.1, 0.15) is 21.6 Å². The van der Waals surface area contributed by atoms with Crippen LogP contribution >= 0.6 is 0 Å². The number of aromatic nitrogens is 2. The normalized spacial score (nSPS) is 10.8. The van der Waals surface area contributed by atoms with Crippen LogP contribution in [-0.2, 0) is 0 Å². The van der Waals surface area contributed by atoms with Crippen LogP contribution < -0.4 is 0 Å². The minimum Gasteiger partial charge on any atom is -0.299 e. The highest BCUT2D eigenvalue weighted by molar-refractivity contribution is 5.86. The molecule has 94 valence electrons. The van der Waals surface area contributed by atoms with E-state index in [0.29, 0.717) is 5.69 Å². The van der Waals surface area contributed by atoms with E-state index in [1.165, 1.54) is 0 Å². The largest absolute Gasteiger partial charge is 0.299 e. The molecule has 0 saturated heterocycles. The van der Waals surface area contributed by atoms with Crippen molar-refractivity contribution in [2.24, 2.45) is 0 Å². The van der Waals surface area contributed by atoms with Crippen molar-refractivity contribution in [2.75, 3.05) is 0 Å². The number of hydrogen-bond acceptors (Lipinski definition) is 2. The average Bonchev–Trinajstić information content (AvgIpc) is 2.77. The summed E-state index contributed by atoms with van der Waals surface area (Å²) in [6, 6.07) is 12.0. The Bertz CT molecular complexity index is 772. The van der Waals surface area contributed by atoms with E-state index in [-0.39, 0.29) is 0 Å². The molecule has 3 rings (SSSR count). The molecule has 3 aromatic rings. The van der Waals surface area contributed by atoms with Gasteiger partial charge in [0.05, 0.1) is 5.52 Å². The van der Waals surface area contributed by atoms with Crippen LogP contribution in [0.5, 0.6) is 0 Å². The lowest BCUT2D eigenvalue weighted by Crippen LogP contribution is -1.92. The van der Waals surface area contributed by atoms with Gasteiger partial charge in [-0.15, -0.1) is 0 Å². The highest BCUT2D eigenvalue weighted by Crippen LogP contribution is 2.25. The van der Waals surface area contributed by atoms with Gasteiger partial charge in [-0.25, -0.2) is 4.98 Å².